The Morgan fingerprint density at radius 3 is 2.50 bits per heavy atom. The molecule has 0 aliphatic heterocycles. The van der Waals surface area contributed by atoms with Crippen molar-refractivity contribution in [2.24, 2.45) is 0 Å². The predicted octanol–water partition coefficient (Wildman–Crippen LogP) is 2.90. The molecule has 0 bridgehead atoms. The zero-order valence-corrected chi connectivity index (χ0v) is 15.9. The second kappa shape index (κ2) is 8.14. The van der Waals surface area contributed by atoms with E-state index in [0.717, 1.165) is 17.2 Å². The minimum Gasteiger partial charge on any atom is -0.483 e. The number of fused-ring (bicyclic) bond motifs is 1. The molecule has 0 spiro atoms. The van der Waals surface area contributed by atoms with Gasteiger partial charge in [0.15, 0.2) is 17.8 Å². The van der Waals surface area contributed by atoms with Crippen LogP contribution in [0.4, 0.5) is 0 Å². The summed E-state index contributed by atoms with van der Waals surface area (Å²) < 4.78 is 10.9. The number of nitrogens with one attached hydrogen (secondary N) is 2. The quantitative estimate of drug-likeness (QED) is 0.656. The molecule has 0 saturated carbocycles. The first-order valence-corrected chi connectivity index (χ1v) is 8.74. The van der Waals surface area contributed by atoms with Crippen molar-refractivity contribution in [2.45, 2.75) is 13.8 Å². The Morgan fingerprint density at radius 1 is 1.07 bits per heavy atom. The number of carbonyl (C=O) groups is 2. The molecule has 0 fully saturated rings. The van der Waals surface area contributed by atoms with E-state index >= 15 is 0 Å². The molecular weight excluding hydrogens is 384 g/mol. The number of ether oxygens (including phenoxy) is 1. The van der Waals surface area contributed by atoms with Crippen LogP contribution in [0.1, 0.15) is 21.7 Å². The summed E-state index contributed by atoms with van der Waals surface area (Å²) in [4.78, 5) is 36.2. The number of hydrogen-bond acceptors (Lipinski definition) is 5. The van der Waals surface area contributed by atoms with E-state index in [9.17, 15) is 14.4 Å². The van der Waals surface area contributed by atoms with Gasteiger partial charge in [-0.05, 0) is 43.2 Å². The lowest BCUT2D eigenvalue weighted by atomic mass is 10.1. The van der Waals surface area contributed by atoms with E-state index in [1.54, 1.807) is 6.07 Å². The molecule has 3 rings (SSSR count). The largest absolute Gasteiger partial charge is 0.483 e. The second-order valence-electron chi connectivity index (χ2n) is 6.13. The molecule has 0 unspecified atom stereocenters. The maximum Gasteiger partial charge on any atom is 0.305 e. The fourth-order valence-corrected chi connectivity index (χ4v) is 2.80. The Kier molecular flexibility index (Phi) is 5.65. The van der Waals surface area contributed by atoms with Gasteiger partial charge in [-0.1, -0.05) is 29.8 Å². The molecule has 0 aliphatic rings. The Labute approximate surface area is 165 Å². The van der Waals surface area contributed by atoms with E-state index in [4.69, 9.17) is 20.8 Å². The topological polar surface area (TPSA) is 97.6 Å². The lowest BCUT2D eigenvalue weighted by Gasteiger charge is -2.12. The highest BCUT2D eigenvalue weighted by molar-refractivity contribution is 6.31. The van der Waals surface area contributed by atoms with Gasteiger partial charge in [0.25, 0.3) is 5.91 Å². The molecule has 1 aromatic heterocycles. The summed E-state index contributed by atoms with van der Waals surface area (Å²) in [7, 11) is 0. The Balaban J connectivity index is 1.62. The molecule has 0 aliphatic carbocycles. The fraction of sp³-hybridized carbons (Fsp3) is 0.150. The van der Waals surface area contributed by atoms with E-state index < -0.39 is 17.2 Å². The van der Waals surface area contributed by atoms with E-state index in [-0.39, 0.29) is 23.3 Å². The van der Waals surface area contributed by atoms with Crippen molar-refractivity contribution in [3.05, 3.63) is 74.6 Å². The summed E-state index contributed by atoms with van der Waals surface area (Å²) in [5.41, 5.74) is 6.00. The van der Waals surface area contributed by atoms with E-state index in [0.29, 0.717) is 10.8 Å². The molecule has 3 aromatic rings. The van der Waals surface area contributed by atoms with Crippen LogP contribution in [-0.4, -0.2) is 18.4 Å². The van der Waals surface area contributed by atoms with E-state index in [1.165, 1.54) is 12.1 Å². The van der Waals surface area contributed by atoms with Crippen LogP contribution in [0.25, 0.3) is 11.0 Å². The third-order valence-corrected chi connectivity index (χ3v) is 4.22. The maximum atomic E-state index is 12.2. The highest BCUT2D eigenvalue weighted by Crippen LogP contribution is 2.22. The van der Waals surface area contributed by atoms with Gasteiger partial charge in [-0.15, -0.1) is 0 Å². The molecule has 1 heterocycles. The van der Waals surface area contributed by atoms with Gasteiger partial charge in [0.1, 0.15) is 11.3 Å². The average molecular weight is 401 g/mol. The summed E-state index contributed by atoms with van der Waals surface area (Å²) in [6.07, 6.45) is 0. The SMILES string of the molecule is Cc1cccc(C)c1OCC(=O)NNC(=O)c1cc(=O)c2cc(Cl)ccc2o1. The zero-order valence-electron chi connectivity index (χ0n) is 15.2. The number of hydrogen-bond donors (Lipinski definition) is 2. The van der Waals surface area contributed by atoms with Crippen molar-refractivity contribution in [3.63, 3.8) is 0 Å². The van der Waals surface area contributed by atoms with Gasteiger partial charge in [0.2, 0.25) is 0 Å². The third-order valence-electron chi connectivity index (χ3n) is 3.98. The first-order chi connectivity index (χ1) is 13.3. The number of para-hydroxylation sites is 1. The first-order valence-electron chi connectivity index (χ1n) is 8.37. The van der Waals surface area contributed by atoms with Crippen LogP contribution in [0, 0.1) is 13.8 Å². The Hall–Kier alpha value is -3.32. The minimum absolute atomic E-state index is 0.215. The lowest BCUT2D eigenvalue weighted by Crippen LogP contribution is -2.44. The standard InChI is InChI=1S/C20H17ClN2O5/c1-11-4-3-5-12(2)19(11)27-10-18(25)22-23-20(26)17-9-15(24)14-8-13(21)6-7-16(14)28-17/h3-9H,10H2,1-2H3,(H,22,25)(H,23,26). The predicted molar refractivity (Wildman–Crippen MR) is 105 cm³/mol. The van der Waals surface area contributed by atoms with Crippen LogP contribution in [-0.2, 0) is 4.79 Å². The van der Waals surface area contributed by atoms with Crippen LogP contribution in [0.2, 0.25) is 5.02 Å². The van der Waals surface area contributed by atoms with Crippen molar-refractivity contribution in [3.8, 4) is 5.75 Å². The molecule has 2 aromatic carbocycles. The number of halogens is 1. The minimum atomic E-state index is -0.769. The molecule has 0 radical (unpaired) electrons. The zero-order chi connectivity index (χ0) is 20.3. The summed E-state index contributed by atoms with van der Waals surface area (Å²) >= 11 is 5.85. The monoisotopic (exact) mass is 400 g/mol. The Morgan fingerprint density at radius 2 is 1.79 bits per heavy atom. The molecule has 0 atom stereocenters. The molecule has 8 heteroatoms. The average Bonchev–Trinajstić information content (AvgIpc) is 2.66. The van der Waals surface area contributed by atoms with Crippen LogP contribution >= 0.6 is 11.6 Å². The highest BCUT2D eigenvalue weighted by Gasteiger charge is 2.14. The number of carbonyl (C=O) groups excluding carboxylic acids is 2. The van der Waals surface area contributed by atoms with Crippen LogP contribution in [0.3, 0.4) is 0 Å². The number of hydrazine groups is 1. The Bertz CT molecular complexity index is 1100. The highest BCUT2D eigenvalue weighted by atomic mass is 35.5. The normalized spacial score (nSPS) is 10.5. The van der Waals surface area contributed by atoms with Gasteiger partial charge in [0.05, 0.1) is 5.39 Å². The lowest BCUT2D eigenvalue weighted by molar-refractivity contribution is -0.123. The van der Waals surface area contributed by atoms with Crippen LogP contribution in [0.5, 0.6) is 5.75 Å². The summed E-state index contributed by atoms with van der Waals surface area (Å²) in [6, 6.07) is 11.2. The summed E-state index contributed by atoms with van der Waals surface area (Å²) in [6.45, 7) is 3.46. The van der Waals surface area contributed by atoms with Crippen molar-refractivity contribution in [1.82, 2.24) is 10.9 Å². The van der Waals surface area contributed by atoms with Crippen molar-refractivity contribution in [1.29, 1.82) is 0 Å². The summed E-state index contributed by atoms with van der Waals surface area (Å²) in [5, 5.41) is 0.642. The molecule has 0 saturated heterocycles. The van der Waals surface area contributed by atoms with E-state index in [1.807, 2.05) is 32.0 Å². The number of rotatable bonds is 4. The fourth-order valence-electron chi connectivity index (χ4n) is 2.63. The molecular formula is C20H17ClN2O5. The maximum absolute atomic E-state index is 12.2. The van der Waals surface area contributed by atoms with E-state index in [2.05, 4.69) is 10.9 Å². The number of benzene rings is 2. The van der Waals surface area contributed by atoms with Gasteiger partial charge in [-0.25, -0.2) is 0 Å². The van der Waals surface area contributed by atoms with Crippen LogP contribution < -0.4 is 21.0 Å². The van der Waals surface area contributed by atoms with Gasteiger partial charge in [0, 0.05) is 11.1 Å². The van der Waals surface area contributed by atoms with Gasteiger partial charge >= 0.3 is 5.91 Å². The first kappa shape index (κ1) is 19.4. The molecule has 7 nitrogen and oxygen atoms in total. The third kappa shape index (κ3) is 4.32. The number of amides is 2. The molecule has 2 N–H and O–H groups in total. The van der Waals surface area contributed by atoms with Crippen molar-refractivity contribution in [2.75, 3.05) is 6.61 Å². The van der Waals surface area contributed by atoms with Crippen molar-refractivity contribution >= 4 is 34.4 Å². The summed E-state index contributed by atoms with van der Waals surface area (Å²) in [5.74, 6) is -0.959. The smallest absolute Gasteiger partial charge is 0.305 e. The van der Waals surface area contributed by atoms with Gasteiger partial charge in [-0.3, -0.25) is 25.2 Å². The molecule has 28 heavy (non-hydrogen) atoms. The van der Waals surface area contributed by atoms with Crippen LogP contribution in [0.15, 0.2) is 51.7 Å². The molecule has 144 valence electrons. The van der Waals surface area contributed by atoms with Crippen molar-refractivity contribution < 1.29 is 18.7 Å². The van der Waals surface area contributed by atoms with Gasteiger partial charge < -0.3 is 9.15 Å². The number of aryl methyl sites for hydroxylation is 2. The second-order valence-corrected chi connectivity index (χ2v) is 6.56. The molecule has 2 amide bonds. The van der Waals surface area contributed by atoms with Gasteiger partial charge in [-0.2, -0.15) is 0 Å².